The second kappa shape index (κ2) is 16.8. The molecule has 1 fully saturated rings. The minimum absolute atomic E-state index is 0.0676. The summed E-state index contributed by atoms with van der Waals surface area (Å²) in [5.41, 5.74) is -0.0222. The highest BCUT2D eigenvalue weighted by Crippen LogP contribution is 2.32. The van der Waals surface area contributed by atoms with E-state index in [1.807, 2.05) is 12.1 Å². The molecule has 2 amide bonds. The monoisotopic (exact) mass is 734 g/mol. The number of hydrogen-bond acceptors (Lipinski definition) is 9. The number of aliphatic carboxylic acids is 1. The number of carboxylic acids is 1. The first-order valence-corrected chi connectivity index (χ1v) is 17.7. The first kappa shape index (κ1) is 37.7. The molecule has 1 aliphatic heterocycles. The number of aliphatic hydroxyl groups excluding tert-OH is 1. The summed E-state index contributed by atoms with van der Waals surface area (Å²) in [6, 6.07) is 27.1. The van der Waals surface area contributed by atoms with Crippen LogP contribution in [0.4, 0.5) is 0 Å². The van der Waals surface area contributed by atoms with Crippen molar-refractivity contribution in [3.05, 3.63) is 141 Å². The smallest absolute Gasteiger partial charge is 0.345 e. The van der Waals surface area contributed by atoms with Crippen molar-refractivity contribution in [2.24, 2.45) is 0 Å². The van der Waals surface area contributed by atoms with E-state index in [2.05, 4.69) is 15.6 Å². The number of fused-ring (bicyclic) bond motifs is 1. The highest BCUT2D eigenvalue weighted by Gasteiger charge is 2.40. The van der Waals surface area contributed by atoms with E-state index in [4.69, 9.17) is 4.74 Å². The molecular weight excluding hydrogens is 692 g/mol. The van der Waals surface area contributed by atoms with Crippen molar-refractivity contribution in [1.82, 2.24) is 20.5 Å². The van der Waals surface area contributed by atoms with Crippen molar-refractivity contribution in [3.63, 3.8) is 0 Å². The van der Waals surface area contributed by atoms with Crippen LogP contribution in [0.15, 0.2) is 108 Å². The molecule has 2 heterocycles. The lowest BCUT2D eigenvalue weighted by Gasteiger charge is -2.33. The van der Waals surface area contributed by atoms with E-state index in [1.165, 1.54) is 36.4 Å². The lowest BCUT2D eigenvalue weighted by molar-refractivity contribution is -0.155. The Morgan fingerprint density at radius 3 is 2.46 bits per heavy atom. The van der Waals surface area contributed by atoms with Gasteiger partial charge >= 0.3 is 5.97 Å². The van der Waals surface area contributed by atoms with Gasteiger partial charge in [-0.25, -0.2) is 4.79 Å². The molecule has 1 aliphatic rings. The number of aromatic hydroxyl groups is 1. The van der Waals surface area contributed by atoms with E-state index in [0.717, 1.165) is 5.56 Å². The lowest BCUT2D eigenvalue weighted by Crippen LogP contribution is -2.50. The van der Waals surface area contributed by atoms with Gasteiger partial charge in [-0.1, -0.05) is 60.7 Å². The second-order valence-electron chi connectivity index (χ2n) is 13.3. The van der Waals surface area contributed by atoms with Crippen molar-refractivity contribution in [2.45, 2.75) is 37.0 Å². The number of pyridine rings is 1. The van der Waals surface area contributed by atoms with Gasteiger partial charge in [0.1, 0.15) is 11.5 Å². The van der Waals surface area contributed by atoms with Gasteiger partial charge in [0.05, 0.1) is 11.6 Å². The molecule has 0 aliphatic carbocycles. The minimum atomic E-state index is -2.30. The molecule has 4 aromatic carbocycles. The molecule has 280 valence electrons. The van der Waals surface area contributed by atoms with E-state index in [1.54, 1.807) is 59.5 Å². The summed E-state index contributed by atoms with van der Waals surface area (Å²) in [7, 11) is 0. The molecule has 1 aromatic heterocycles. The number of aromatic amines is 1. The Morgan fingerprint density at radius 2 is 1.70 bits per heavy atom. The Balaban J connectivity index is 0.958. The number of nitrogens with one attached hydrogen (secondary N) is 3. The number of carbonyl (C=O) groups is 3. The lowest BCUT2D eigenvalue weighted by atomic mass is 9.86. The van der Waals surface area contributed by atoms with Crippen LogP contribution in [0, 0.1) is 0 Å². The number of nitrogens with zero attached hydrogens (tertiary/aromatic N) is 1. The van der Waals surface area contributed by atoms with Gasteiger partial charge in [0.2, 0.25) is 11.2 Å². The van der Waals surface area contributed by atoms with Crippen LogP contribution >= 0.6 is 0 Å². The van der Waals surface area contributed by atoms with Crippen molar-refractivity contribution < 1.29 is 39.5 Å². The normalized spacial score (nSPS) is 16.0. The SMILES string of the molecule is O=C(N[C@@H]1CCCN(C(=O)COc2cccc(C(O)(C(=O)O)c3ccccc3)c2)C1)c1ccc(CCNCC(O)c2ccc(O)c3[nH]c(=O)ccc23)cc1. The zero-order valence-corrected chi connectivity index (χ0v) is 29.4. The van der Waals surface area contributed by atoms with Crippen molar-refractivity contribution >= 4 is 28.7 Å². The number of benzene rings is 4. The van der Waals surface area contributed by atoms with Gasteiger partial charge in [-0.15, -0.1) is 0 Å². The van der Waals surface area contributed by atoms with Gasteiger partial charge in [-0.05, 0) is 78.9 Å². The van der Waals surface area contributed by atoms with Gasteiger partial charge in [0.15, 0.2) is 6.61 Å². The third-order valence-corrected chi connectivity index (χ3v) is 9.63. The Hall–Kier alpha value is -6.02. The molecule has 1 saturated heterocycles. The molecule has 13 heteroatoms. The zero-order chi connectivity index (χ0) is 38.2. The average Bonchev–Trinajstić information content (AvgIpc) is 3.19. The number of carboxylic acid groups (broad SMARTS) is 1. The van der Waals surface area contributed by atoms with Crippen LogP contribution in [-0.4, -0.2) is 86.9 Å². The molecule has 0 bridgehead atoms. The van der Waals surface area contributed by atoms with Gasteiger partial charge in [0.25, 0.3) is 11.8 Å². The first-order valence-electron chi connectivity index (χ1n) is 17.7. The third-order valence-electron chi connectivity index (χ3n) is 9.63. The summed E-state index contributed by atoms with van der Waals surface area (Å²) in [6.07, 6.45) is 1.18. The fourth-order valence-electron chi connectivity index (χ4n) is 6.68. The quantitative estimate of drug-likeness (QED) is 0.0831. The van der Waals surface area contributed by atoms with Crippen molar-refractivity contribution in [2.75, 3.05) is 32.8 Å². The maximum atomic E-state index is 13.1. The molecule has 6 rings (SSSR count). The average molecular weight is 735 g/mol. The first-order chi connectivity index (χ1) is 26.0. The van der Waals surface area contributed by atoms with Crippen LogP contribution in [0.1, 0.15) is 51.6 Å². The number of likely N-dealkylation sites (tertiary alicyclic amines) is 1. The number of H-pyrrole nitrogens is 1. The number of rotatable bonds is 14. The van der Waals surface area contributed by atoms with Gasteiger partial charge in [-0.3, -0.25) is 14.4 Å². The van der Waals surface area contributed by atoms with Crippen LogP contribution in [-0.2, 0) is 21.6 Å². The standard InChI is InChI=1S/C41H42N4O9/c46-34-17-15-32(33-16-18-36(48)44-38(33)34)35(47)23-42-20-19-26-11-13-27(14-12-26)39(50)43-30-9-5-21-45(24-30)37(49)25-54-31-10-4-8-29(22-31)41(53,40(51)52)28-6-2-1-3-7-28/h1-4,6-8,10-18,22,30,35,42,46-47,53H,5,9,19-21,23-25H2,(H,43,50)(H,44,48)(H,51,52)/t30-,35?,41?/m1/s1. The van der Waals surface area contributed by atoms with Crippen LogP contribution < -0.4 is 20.9 Å². The fourth-order valence-corrected chi connectivity index (χ4v) is 6.68. The third kappa shape index (κ3) is 8.60. The number of aliphatic hydroxyl groups is 2. The van der Waals surface area contributed by atoms with Gasteiger partial charge < -0.3 is 45.7 Å². The van der Waals surface area contributed by atoms with E-state index in [-0.39, 0.29) is 64.7 Å². The Labute approximate surface area is 310 Å². The molecule has 0 saturated carbocycles. The predicted octanol–water partition coefficient (Wildman–Crippen LogP) is 3.22. The van der Waals surface area contributed by atoms with Crippen molar-refractivity contribution in [1.29, 1.82) is 0 Å². The summed E-state index contributed by atoms with van der Waals surface area (Å²) in [6.45, 7) is 1.34. The second-order valence-corrected chi connectivity index (χ2v) is 13.3. The molecule has 0 spiro atoms. The Morgan fingerprint density at radius 1 is 0.944 bits per heavy atom. The molecule has 13 nitrogen and oxygen atoms in total. The van der Waals surface area contributed by atoms with E-state index >= 15 is 0 Å². The molecule has 0 radical (unpaired) electrons. The van der Waals surface area contributed by atoms with E-state index < -0.39 is 17.7 Å². The summed E-state index contributed by atoms with van der Waals surface area (Å²) >= 11 is 0. The number of ether oxygens (including phenoxy) is 1. The molecule has 54 heavy (non-hydrogen) atoms. The molecule has 5 aromatic rings. The number of carbonyl (C=O) groups excluding carboxylic acids is 2. The topological polar surface area (TPSA) is 202 Å². The van der Waals surface area contributed by atoms with Crippen molar-refractivity contribution in [3.8, 4) is 11.5 Å². The minimum Gasteiger partial charge on any atom is -0.506 e. The Kier molecular flexibility index (Phi) is 11.7. The number of phenolic OH excluding ortho intramolecular Hbond substituents is 1. The largest absolute Gasteiger partial charge is 0.506 e. The maximum Gasteiger partial charge on any atom is 0.345 e. The van der Waals surface area contributed by atoms with Crippen LogP contribution in [0.25, 0.3) is 10.9 Å². The van der Waals surface area contributed by atoms with Crippen LogP contribution in [0.5, 0.6) is 11.5 Å². The molecule has 7 N–H and O–H groups in total. The number of phenols is 1. The number of amides is 2. The number of aromatic nitrogens is 1. The summed E-state index contributed by atoms with van der Waals surface area (Å²) < 4.78 is 5.74. The number of hydrogen-bond donors (Lipinski definition) is 7. The summed E-state index contributed by atoms with van der Waals surface area (Å²) in [4.78, 5) is 54.3. The zero-order valence-electron chi connectivity index (χ0n) is 29.4. The maximum absolute atomic E-state index is 13.1. The molecular formula is C41H42N4O9. The fraction of sp³-hybridized carbons (Fsp3) is 0.268. The highest BCUT2D eigenvalue weighted by molar-refractivity contribution is 5.94. The van der Waals surface area contributed by atoms with Crippen LogP contribution in [0.3, 0.4) is 0 Å². The van der Waals surface area contributed by atoms with E-state index in [0.29, 0.717) is 55.4 Å². The molecule has 3 atom stereocenters. The van der Waals surface area contributed by atoms with E-state index in [9.17, 15) is 39.6 Å². The number of piperidine rings is 1. The van der Waals surface area contributed by atoms with Gasteiger partial charge in [-0.2, -0.15) is 0 Å². The van der Waals surface area contributed by atoms with Crippen LogP contribution in [0.2, 0.25) is 0 Å². The molecule has 2 unspecified atom stereocenters. The Bertz CT molecular complexity index is 2170. The predicted molar refractivity (Wildman–Crippen MR) is 200 cm³/mol. The summed E-state index contributed by atoms with van der Waals surface area (Å²) in [5, 5.41) is 48.8. The van der Waals surface area contributed by atoms with Gasteiger partial charge in [0, 0.05) is 48.3 Å². The highest BCUT2D eigenvalue weighted by atomic mass is 16.5. The summed E-state index contributed by atoms with van der Waals surface area (Å²) in [5.74, 6) is -1.81.